The summed E-state index contributed by atoms with van der Waals surface area (Å²) in [5.41, 5.74) is 6.01. The Bertz CT molecular complexity index is 514. The van der Waals surface area contributed by atoms with Gasteiger partial charge in [0.15, 0.2) is 0 Å². The van der Waals surface area contributed by atoms with Gasteiger partial charge in [0.1, 0.15) is 5.75 Å². The SMILES string of the molecule is COc1cc(S(=O)(=O)NCCCC(C)O)ccc1N. The summed E-state index contributed by atoms with van der Waals surface area (Å²) in [6.45, 7) is 1.94. The van der Waals surface area contributed by atoms with Crippen LogP contribution in [0, 0.1) is 0 Å². The van der Waals surface area contributed by atoms with Gasteiger partial charge in [0.05, 0.1) is 23.8 Å². The molecule has 0 saturated heterocycles. The highest BCUT2D eigenvalue weighted by Gasteiger charge is 2.15. The van der Waals surface area contributed by atoms with Gasteiger partial charge in [-0.2, -0.15) is 0 Å². The molecule has 0 spiro atoms. The molecule has 0 heterocycles. The molecule has 1 aromatic rings. The number of nitrogens with two attached hydrogens (primary N) is 1. The number of hydrogen-bond acceptors (Lipinski definition) is 5. The third kappa shape index (κ3) is 4.70. The van der Waals surface area contributed by atoms with E-state index in [-0.39, 0.29) is 11.4 Å². The molecule has 0 aliphatic heterocycles. The number of methoxy groups -OCH3 is 1. The van der Waals surface area contributed by atoms with Crippen molar-refractivity contribution < 1.29 is 18.3 Å². The summed E-state index contributed by atoms with van der Waals surface area (Å²) in [4.78, 5) is 0.107. The molecule has 1 aromatic carbocycles. The highest BCUT2D eigenvalue weighted by atomic mass is 32.2. The molecule has 7 heteroatoms. The lowest BCUT2D eigenvalue weighted by Crippen LogP contribution is -2.25. The van der Waals surface area contributed by atoms with Crippen molar-refractivity contribution in [3.63, 3.8) is 0 Å². The van der Waals surface area contributed by atoms with Gasteiger partial charge in [0.2, 0.25) is 10.0 Å². The first-order chi connectivity index (χ1) is 8.86. The highest BCUT2D eigenvalue weighted by molar-refractivity contribution is 7.89. The molecule has 6 nitrogen and oxygen atoms in total. The molecule has 4 N–H and O–H groups in total. The average Bonchev–Trinajstić information content (AvgIpc) is 2.35. The van der Waals surface area contributed by atoms with Crippen LogP contribution < -0.4 is 15.2 Å². The molecule has 1 unspecified atom stereocenters. The van der Waals surface area contributed by atoms with Gasteiger partial charge >= 0.3 is 0 Å². The van der Waals surface area contributed by atoms with Crippen LogP contribution in [0.3, 0.4) is 0 Å². The van der Waals surface area contributed by atoms with Gasteiger partial charge in [-0.1, -0.05) is 0 Å². The van der Waals surface area contributed by atoms with E-state index in [4.69, 9.17) is 15.6 Å². The fourth-order valence-electron chi connectivity index (χ4n) is 1.55. The van der Waals surface area contributed by atoms with E-state index in [1.807, 2.05) is 0 Å². The van der Waals surface area contributed by atoms with Gasteiger partial charge in [-0.25, -0.2) is 13.1 Å². The minimum absolute atomic E-state index is 0.107. The predicted octanol–water partition coefficient (Wildman–Crippen LogP) is 0.717. The number of hydrogen-bond donors (Lipinski definition) is 3. The Morgan fingerprint density at radius 3 is 2.74 bits per heavy atom. The number of benzene rings is 1. The van der Waals surface area contributed by atoms with E-state index in [2.05, 4.69) is 4.72 Å². The van der Waals surface area contributed by atoms with Crippen LogP contribution in [0.1, 0.15) is 19.8 Å². The van der Waals surface area contributed by atoms with E-state index < -0.39 is 16.1 Å². The Morgan fingerprint density at radius 1 is 1.47 bits per heavy atom. The van der Waals surface area contributed by atoms with Crippen molar-refractivity contribution in [2.75, 3.05) is 19.4 Å². The minimum atomic E-state index is -3.57. The maximum absolute atomic E-state index is 12.0. The molecule has 0 radical (unpaired) electrons. The summed E-state index contributed by atoms with van der Waals surface area (Å²) in [5, 5.41) is 9.09. The average molecular weight is 288 g/mol. The zero-order valence-corrected chi connectivity index (χ0v) is 11.9. The molecule has 108 valence electrons. The van der Waals surface area contributed by atoms with Gasteiger partial charge < -0.3 is 15.6 Å². The largest absolute Gasteiger partial charge is 0.495 e. The Morgan fingerprint density at radius 2 is 2.16 bits per heavy atom. The smallest absolute Gasteiger partial charge is 0.240 e. The van der Waals surface area contributed by atoms with Gasteiger partial charge in [-0.05, 0) is 31.9 Å². The first-order valence-corrected chi connectivity index (χ1v) is 7.46. The molecule has 0 saturated carbocycles. The topological polar surface area (TPSA) is 102 Å². The summed E-state index contributed by atoms with van der Waals surface area (Å²) in [6, 6.07) is 4.30. The van der Waals surface area contributed by atoms with Crippen LogP contribution >= 0.6 is 0 Å². The first-order valence-electron chi connectivity index (χ1n) is 5.98. The second-order valence-corrected chi connectivity index (χ2v) is 6.06. The van der Waals surface area contributed by atoms with Gasteiger partial charge in [-0.15, -0.1) is 0 Å². The quantitative estimate of drug-likeness (QED) is 0.507. The van der Waals surface area contributed by atoms with E-state index in [1.165, 1.54) is 25.3 Å². The van der Waals surface area contributed by atoms with E-state index in [1.54, 1.807) is 6.92 Å². The minimum Gasteiger partial charge on any atom is -0.495 e. The Kier molecular flexibility index (Phi) is 5.59. The highest BCUT2D eigenvalue weighted by Crippen LogP contribution is 2.24. The number of sulfonamides is 1. The molecule has 0 aromatic heterocycles. The predicted molar refractivity (Wildman–Crippen MR) is 73.5 cm³/mol. The van der Waals surface area contributed by atoms with Crippen LogP contribution in [-0.2, 0) is 10.0 Å². The second kappa shape index (κ2) is 6.74. The zero-order valence-electron chi connectivity index (χ0n) is 11.1. The number of ether oxygens (including phenoxy) is 1. The third-order valence-electron chi connectivity index (χ3n) is 2.61. The molecule has 19 heavy (non-hydrogen) atoms. The molecule has 0 amide bonds. The molecule has 0 fully saturated rings. The van der Waals surface area contributed by atoms with E-state index in [0.717, 1.165) is 0 Å². The van der Waals surface area contributed by atoms with Crippen LogP contribution in [0.15, 0.2) is 23.1 Å². The standard InChI is InChI=1S/C12H20N2O4S/c1-9(15)4-3-7-14-19(16,17)10-5-6-11(13)12(8-10)18-2/h5-6,8-9,14-15H,3-4,7,13H2,1-2H3. The number of nitrogen functional groups attached to an aromatic ring is 1. The molecule has 0 aliphatic carbocycles. The van der Waals surface area contributed by atoms with Crippen LogP contribution in [-0.4, -0.2) is 33.3 Å². The van der Waals surface area contributed by atoms with Crippen molar-refractivity contribution in [2.24, 2.45) is 0 Å². The lowest BCUT2D eigenvalue weighted by molar-refractivity contribution is 0.182. The summed E-state index contributed by atoms with van der Waals surface area (Å²) in [6.07, 6.45) is 0.692. The number of aliphatic hydroxyl groups excluding tert-OH is 1. The van der Waals surface area contributed by atoms with Crippen molar-refractivity contribution >= 4 is 15.7 Å². The van der Waals surface area contributed by atoms with Crippen molar-refractivity contribution in [2.45, 2.75) is 30.8 Å². The molecular weight excluding hydrogens is 268 g/mol. The Labute approximate surface area is 113 Å². The first kappa shape index (κ1) is 15.7. The lowest BCUT2D eigenvalue weighted by atomic mass is 10.2. The zero-order chi connectivity index (χ0) is 14.5. The van der Waals surface area contributed by atoms with E-state index >= 15 is 0 Å². The maximum atomic E-state index is 12.0. The Hall–Kier alpha value is -1.31. The molecule has 0 aliphatic rings. The summed E-state index contributed by atoms with van der Waals surface area (Å²) >= 11 is 0. The molecule has 0 bridgehead atoms. The molecular formula is C12H20N2O4S. The van der Waals surface area contributed by atoms with Gasteiger partial charge in [-0.3, -0.25) is 0 Å². The lowest BCUT2D eigenvalue weighted by Gasteiger charge is -2.10. The van der Waals surface area contributed by atoms with Crippen LogP contribution in [0.25, 0.3) is 0 Å². The van der Waals surface area contributed by atoms with Crippen LogP contribution in [0.2, 0.25) is 0 Å². The van der Waals surface area contributed by atoms with E-state index in [9.17, 15) is 8.42 Å². The van der Waals surface area contributed by atoms with Gasteiger partial charge in [0.25, 0.3) is 0 Å². The molecule has 1 atom stereocenters. The number of aliphatic hydroxyl groups is 1. The maximum Gasteiger partial charge on any atom is 0.240 e. The number of nitrogens with one attached hydrogen (secondary N) is 1. The summed E-state index contributed by atoms with van der Waals surface area (Å²) in [5.74, 6) is 0.326. The number of anilines is 1. The van der Waals surface area contributed by atoms with Crippen molar-refractivity contribution in [1.29, 1.82) is 0 Å². The van der Waals surface area contributed by atoms with Crippen LogP contribution in [0.5, 0.6) is 5.75 Å². The molecule has 1 rings (SSSR count). The summed E-state index contributed by atoms with van der Waals surface area (Å²) < 4.78 is 31.4. The van der Waals surface area contributed by atoms with E-state index in [0.29, 0.717) is 24.3 Å². The fourth-order valence-corrected chi connectivity index (χ4v) is 2.64. The third-order valence-corrected chi connectivity index (χ3v) is 4.06. The number of rotatable bonds is 7. The Balaban J connectivity index is 2.72. The van der Waals surface area contributed by atoms with Gasteiger partial charge in [0, 0.05) is 12.6 Å². The second-order valence-electron chi connectivity index (χ2n) is 4.29. The fraction of sp³-hybridized carbons (Fsp3) is 0.500. The summed E-state index contributed by atoms with van der Waals surface area (Å²) in [7, 11) is -2.15. The van der Waals surface area contributed by atoms with Crippen molar-refractivity contribution in [1.82, 2.24) is 4.72 Å². The normalized spacial score (nSPS) is 13.2. The van der Waals surface area contributed by atoms with Crippen molar-refractivity contribution in [3.05, 3.63) is 18.2 Å². The van der Waals surface area contributed by atoms with Crippen LogP contribution in [0.4, 0.5) is 5.69 Å². The van der Waals surface area contributed by atoms with Crippen molar-refractivity contribution in [3.8, 4) is 5.75 Å². The monoisotopic (exact) mass is 288 g/mol.